The highest BCUT2D eigenvalue weighted by molar-refractivity contribution is 7.09. The van der Waals surface area contributed by atoms with Crippen molar-refractivity contribution in [2.45, 2.75) is 18.8 Å². The quantitative estimate of drug-likeness (QED) is 0.881. The Morgan fingerprint density at radius 1 is 1.43 bits per heavy atom. The second kappa shape index (κ2) is 7.57. The molecule has 2 heterocycles. The van der Waals surface area contributed by atoms with E-state index in [-0.39, 0.29) is 5.56 Å². The van der Waals surface area contributed by atoms with Crippen LogP contribution in [0.4, 0.5) is 0 Å². The molecule has 1 N–H and O–H groups in total. The average molecular weight is 332 g/mol. The maximum atomic E-state index is 11.2. The molecule has 5 nitrogen and oxygen atoms in total. The van der Waals surface area contributed by atoms with Crippen LogP contribution >= 0.6 is 11.3 Å². The van der Waals surface area contributed by atoms with Crippen molar-refractivity contribution in [3.8, 4) is 5.75 Å². The van der Waals surface area contributed by atoms with Crippen molar-refractivity contribution in [1.82, 2.24) is 9.88 Å². The van der Waals surface area contributed by atoms with Crippen molar-refractivity contribution < 1.29 is 14.6 Å². The smallest absolute Gasteiger partial charge is 0.339 e. The highest BCUT2D eigenvalue weighted by atomic mass is 32.1. The maximum absolute atomic E-state index is 11.2. The Labute approximate surface area is 139 Å². The molecule has 0 amide bonds. The molecule has 1 saturated heterocycles. The Balaban J connectivity index is 1.52. The minimum Gasteiger partial charge on any atom is -0.491 e. The number of hydrogen-bond acceptors (Lipinski definition) is 5. The lowest BCUT2D eigenvalue weighted by molar-refractivity contribution is 0.0691. The van der Waals surface area contributed by atoms with E-state index in [2.05, 4.69) is 9.88 Å². The summed E-state index contributed by atoms with van der Waals surface area (Å²) in [7, 11) is 0. The molecule has 1 aromatic heterocycles. The third kappa shape index (κ3) is 4.09. The van der Waals surface area contributed by atoms with Gasteiger partial charge in [0, 0.05) is 30.6 Å². The zero-order valence-corrected chi connectivity index (χ0v) is 13.7. The maximum Gasteiger partial charge on any atom is 0.339 e. The molecule has 0 aliphatic carbocycles. The molecular formula is C17H20N2O3S. The SMILES string of the molecule is O=C(O)c1ccccc1OCCN1CCC[C@@H](c2nccs2)C1. The molecule has 2 aromatic rings. The first-order valence-corrected chi connectivity index (χ1v) is 8.69. The van der Waals surface area contributed by atoms with Gasteiger partial charge in [-0.1, -0.05) is 12.1 Å². The van der Waals surface area contributed by atoms with E-state index in [4.69, 9.17) is 9.84 Å². The lowest BCUT2D eigenvalue weighted by Gasteiger charge is -2.31. The van der Waals surface area contributed by atoms with E-state index in [1.165, 1.54) is 11.4 Å². The van der Waals surface area contributed by atoms with Gasteiger partial charge in [0.15, 0.2) is 0 Å². The van der Waals surface area contributed by atoms with Crippen LogP contribution in [0.2, 0.25) is 0 Å². The molecular weight excluding hydrogens is 312 g/mol. The molecule has 0 spiro atoms. The topological polar surface area (TPSA) is 62.7 Å². The Morgan fingerprint density at radius 3 is 3.09 bits per heavy atom. The van der Waals surface area contributed by atoms with Crippen LogP contribution in [0.25, 0.3) is 0 Å². The molecule has 1 aliphatic heterocycles. The molecule has 6 heteroatoms. The van der Waals surface area contributed by atoms with Gasteiger partial charge in [0.05, 0.1) is 5.01 Å². The van der Waals surface area contributed by atoms with Gasteiger partial charge in [0.25, 0.3) is 0 Å². The van der Waals surface area contributed by atoms with Gasteiger partial charge in [-0.3, -0.25) is 4.90 Å². The first-order chi connectivity index (χ1) is 11.2. The van der Waals surface area contributed by atoms with Crippen molar-refractivity contribution in [1.29, 1.82) is 0 Å². The number of rotatable bonds is 6. The zero-order valence-electron chi connectivity index (χ0n) is 12.9. The van der Waals surface area contributed by atoms with Gasteiger partial charge in [-0.25, -0.2) is 9.78 Å². The fraction of sp³-hybridized carbons (Fsp3) is 0.412. The summed E-state index contributed by atoms with van der Waals surface area (Å²) in [6, 6.07) is 6.77. The predicted octanol–water partition coefficient (Wildman–Crippen LogP) is 3.10. The van der Waals surface area contributed by atoms with Gasteiger partial charge < -0.3 is 9.84 Å². The van der Waals surface area contributed by atoms with E-state index in [9.17, 15) is 4.79 Å². The summed E-state index contributed by atoms with van der Waals surface area (Å²) in [5, 5.41) is 12.4. The first kappa shape index (κ1) is 16.0. The predicted molar refractivity (Wildman–Crippen MR) is 89.4 cm³/mol. The van der Waals surface area contributed by atoms with E-state index in [1.54, 1.807) is 35.6 Å². The first-order valence-electron chi connectivity index (χ1n) is 7.81. The van der Waals surface area contributed by atoms with Crippen LogP contribution in [0.5, 0.6) is 5.75 Å². The largest absolute Gasteiger partial charge is 0.491 e. The third-order valence-electron chi connectivity index (χ3n) is 4.09. The number of nitrogens with zero attached hydrogens (tertiary/aromatic N) is 2. The molecule has 3 rings (SSSR count). The van der Waals surface area contributed by atoms with Crippen LogP contribution in [-0.2, 0) is 0 Å². The average Bonchev–Trinajstić information content (AvgIpc) is 3.10. The van der Waals surface area contributed by atoms with Crippen LogP contribution in [0.15, 0.2) is 35.8 Å². The Morgan fingerprint density at radius 2 is 2.30 bits per heavy atom. The van der Waals surface area contributed by atoms with Gasteiger partial charge in [-0.15, -0.1) is 11.3 Å². The van der Waals surface area contributed by atoms with Crippen molar-refractivity contribution in [3.63, 3.8) is 0 Å². The van der Waals surface area contributed by atoms with Crippen LogP contribution in [-0.4, -0.2) is 47.2 Å². The second-order valence-electron chi connectivity index (χ2n) is 5.66. The minimum absolute atomic E-state index is 0.215. The number of carboxylic acids is 1. The fourth-order valence-corrected chi connectivity index (χ4v) is 3.72. The summed E-state index contributed by atoms with van der Waals surface area (Å²) in [6.07, 6.45) is 4.22. The highest BCUT2D eigenvalue weighted by Crippen LogP contribution is 2.28. The molecule has 1 aromatic carbocycles. The Bertz CT molecular complexity index is 645. The summed E-state index contributed by atoms with van der Waals surface area (Å²) in [6.45, 7) is 3.36. The van der Waals surface area contributed by atoms with Crippen molar-refractivity contribution in [3.05, 3.63) is 46.4 Å². The minimum atomic E-state index is -0.956. The van der Waals surface area contributed by atoms with Crippen molar-refractivity contribution >= 4 is 17.3 Å². The molecule has 1 aliphatic rings. The van der Waals surface area contributed by atoms with E-state index in [1.807, 2.05) is 11.6 Å². The number of aromatic nitrogens is 1. The molecule has 0 unspecified atom stereocenters. The third-order valence-corrected chi connectivity index (χ3v) is 5.03. The van der Waals surface area contributed by atoms with Gasteiger partial charge in [-0.05, 0) is 31.5 Å². The van der Waals surface area contributed by atoms with Gasteiger partial charge >= 0.3 is 5.97 Å². The standard InChI is InChI=1S/C17H20N2O3S/c20-17(21)14-5-1-2-6-15(14)22-10-9-19-8-3-4-13(12-19)16-18-7-11-23-16/h1-2,5-7,11,13H,3-4,8-10,12H2,(H,20,21)/t13-/m1/s1. The van der Waals surface area contributed by atoms with Crippen molar-refractivity contribution in [2.75, 3.05) is 26.2 Å². The van der Waals surface area contributed by atoms with Gasteiger partial charge in [-0.2, -0.15) is 0 Å². The zero-order chi connectivity index (χ0) is 16.1. The summed E-state index contributed by atoms with van der Waals surface area (Å²) in [5.74, 6) is -0.00838. The molecule has 122 valence electrons. The van der Waals surface area contributed by atoms with Gasteiger partial charge in [0.1, 0.15) is 17.9 Å². The van der Waals surface area contributed by atoms with E-state index in [0.29, 0.717) is 18.3 Å². The number of carbonyl (C=O) groups is 1. The monoisotopic (exact) mass is 332 g/mol. The molecule has 23 heavy (non-hydrogen) atoms. The number of piperidine rings is 1. The molecule has 1 atom stereocenters. The number of para-hydroxylation sites is 1. The highest BCUT2D eigenvalue weighted by Gasteiger charge is 2.23. The number of hydrogen-bond donors (Lipinski definition) is 1. The second-order valence-corrected chi connectivity index (χ2v) is 6.59. The molecule has 0 radical (unpaired) electrons. The van der Waals surface area contributed by atoms with E-state index >= 15 is 0 Å². The summed E-state index contributed by atoms with van der Waals surface area (Å²) >= 11 is 1.72. The lowest BCUT2D eigenvalue weighted by Crippen LogP contribution is -2.37. The number of carboxylic acid groups (broad SMARTS) is 1. The van der Waals surface area contributed by atoms with Crippen LogP contribution in [0.1, 0.15) is 34.1 Å². The molecule has 0 bridgehead atoms. The number of aromatic carboxylic acids is 1. The lowest BCUT2D eigenvalue weighted by atomic mass is 9.99. The normalized spacial score (nSPS) is 18.7. The van der Waals surface area contributed by atoms with Crippen LogP contribution in [0, 0.1) is 0 Å². The van der Waals surface area contributed by atoms with E-state index < -0.39 is 5.97 Å². The summed E-state index contributed by atoms with van der Waals surface area (Å²) < 4.78 is 5.69. The number of likely N-dealkylation sites (tertiary alicyclic amines) is 1. The van der Waals surface area contributed by atoms with Crippen LogP contribution < -0.4 is 4.74 Å². The molecule has 0 saturated carbocycles. The molecule has 1 fully saturated rings. The number of ether oxygens (including phenoxy) is 1. The van der Waals surface area contributed by atoms with Crippen LogP contribution in [0.3, 0.4) is 0 Å². The summed E-state index contributed by atoms with van der Waals surface area (Å²) in [5.41, 5.74) is 0.215. The van der Waals surface area contributed by atoms with Gasteiger partial charge in [0.2, 0.25) is 0 Å². The number of thiazole rings is 1. The number of benzene rings is 1. The Hall–Kier alpha value is -1.92. The summed E-state index contributed by atoms with van der Waals surface area (Å²) in [4.78, 5) is 18.0. The fourth-order valence-electron chi connectivity index (χ4n) is 2.95. The van der Waals surface area contributed by atoms with Crippen molar-refractivity contribution in [2.24, 2.45) is 0 Å². The Kier molecular flexibility index (Phi) is 5.25. The van der Waals surface area contributed by atoms with E-state index in [0.717, 1.165) is 26.1 Å².